The zero-order chi connectivity index (χ0) is 21.8. The Balaban J connectivity index is 1.66. The van der Waals surface area contributed by atoms with Crippen LogP contribution >= 0.6 is 35.3 Å². The molecule has 2 aromatic carbocycles. The highest BCUT2D eigenvalue weighted by Gasteiger charge is 2.18. The van der Waals surface area contributed by atoms with Crippen molar-refractivity contribution in [2.45, 2.75) is 25.2 Å². The summed E-state index contributed by atoms with van der Waals surface area (Å²) in [5.74, 6) is 0.0229. The molecule has 1 amide bonds. The first-order chi connectivity index (χ1) is 15.1. The van der Waals surface area contributed by atoms with Crippen LogP contribution < -0.4 is 10.9 Å². The van der Waals surface area contributed by atoms with Crippen LogP contribution in [0.3, 0.4) is 0 Å². The van der Waals surface area contributed by atoms with Crippen LogP contribution in [0, 0.1) is 3.95 Å². The molecular weight excluding hydrogens is 448 g/mol. The van der Waals surface area contributed by atoms with Gasteiger partial charge in [0, 0.05) is 13.1 Å². The van der Waals surface area contributed by atoms with Gasteiger partial charge in [0.2, 0.25) is 5.91 Å². The van der Waals surface area contributed by atoms with Gasteiger partial charge in [-0.3, -0.25) is 14.2 Å². The zero-order valence-electron chi connectivity index (χ0n) is 16.8. The molecule has 0 saturated carbocycles. The summed E-state index contributed by atoms with van der Waals surface area (Å²) < 4.78 is 4.55. The third kappa shape index (κ3) is 4.63. The van der Waals surface area contributed by atoms with E-state index in [1.165, 1.54) is 23.1 Å². The number of fused-ring (bicyclic) bond motifs is 1. The van der Waals surface area contributed by atoms with Crippen LogP contribution in [-0.4, -0.2) is 25.8 Å². The van der Waals surface area contributed by atoms with Gasteiger partial charge in [-0.25, -0.2) is 4.98 Å². The number of nitrogens with zero attached hydrogens (tertiary/aromatic N) is 3. The third-order valence-corrected chi connectivity index (χ3v) is 7.02. The van der Waals surface area contributed by atoms with E-state index in [4.69, 9.17) is 17.2 Å². The molecule has 2 aromatic heterocycles. The van der Waals surface area contributed by atoms with Gasteiger partial charge < -0.3 is 9.88 Å². The number of carbonyl (C=O) groups is 1. The van der Waals surface area contributed by atoms with Gasteiger partial charge in [0.25, 0.3) is 5.56 Å². The van der Waals surface area contributed by atoms with Crippen molar-refractivity contribution in [2.75, 3.05) is 5.75 Å². The molecule has 0 aliphatic heterocycles. The van der Waals surface area contributed by atoms with Gasteiger partial charge in [-0.15, -0.1) is 0 Å². The maximum absolute atomic E-state index is 13.3. The van der Waals surface area contributed by atoms with E-state index in [2.05, 4.69) is 5.32 Å². The molecule has 4 rings (SSSR count). The summed E-state index contributed by atoms with van der Waals surface area (Å²) in [7, 11) is 0. The van der Waals surface area contributed by atoms with E-state index in [1.54, 1.807) is 4.57 Å². The molecule has 158 valence electrons. The minimum atomic E-state index is -0.174. The number of hydrogen-bond acceptors (Lipinski definition) is 6. The van der Waals surface area contributed by atoms with Crippen LogP contribution in [0.1, 0.15) is 12.5 Å². The summed E-state index contributed by atoms with van der Waals surface area (Å²) in [6.07, 6.45) is 0. The number of carbonyl (C=O) groups excluding carboxylic acids is 1. The maximum atomic E-state index is 13.3. The first kappa shape index (κ1) is 21.5. The Hall–Kier alpha value is -2.75. The topological polar surface area (TPSA) is 68.9 Å². The summed E-state index contributed by atoms with van der Waals surface area (Å²) in [4.78, 5) is 30.5. The van der Waals surface area contributed by atoms with Crippen LogP contribution in [0.2, 0.25) is 0 Å². The van der Waals surface area contributed by atoms with E-state index >= 15 is 0 Å². The fourth-order valence-corrected chi connectivity index (χ4v) is 5.36. The average Bonchev–Trinajstić information content (AvgIpc) is 3.13. The Morgan fingerprint density at radius 1 is 1.13 bits per heavy atom. The molecular formula is C22H20N4O2S3. The highest BCUT2D eigenvalue weighted by molar-refractivity contribution is 7.99. The highest BCUT2D eigenvalue weighted by atomic mass is 32.2. The Morgan fingerprint density at radius 2 is 1.81 bits per heavy atom. The molecule has 2 heterocycles. The third-order valence-electron chi connectivity index (χ3n) is 4.65. The van der Waals surface area contributed by atoms with Crippen LogP contribution in [0.4, 0.5) is 0 Å². The smallest absolute Gasteiger partial charge is 0.278 e. The lowest BCUT2D eigenvalue weighted by Gasteiger charge is -2.12. The molecule has 0 saturated heterocycles. The monoisotopic (exact) mass is 468 g/mol. The lowest BCUT2D eigenvalue weighted by atomic mass is 10.2. The Labute approximate surface area is 192 Å². The second-order valence-electron chi connectivity index (χ2n) is 6.69. The summed E-state index contributed by atoms with van der Waals surface area (Å²) in [5, 5.41) is 3.38. The van der Waals surface area contributed by atoms with Gasteiger partial charge in [0.15, 0.2) is 14.8 Å². The number of amides is 1. The molecule has 31 heavy (non-hydrogen) atoms. The Bertz CT molecular complexity index is 1330. The highest BCUT2D eigenvalue weighted by Crippen LogP contribution is 2.25. The lowest BCUT2D eigenvalue weighted by Crippen LogP contribution is -2.26. The van der Waals surface area contributed by atoms with Crippen molar-refractivity contribution < 1.29 is 4.79 Å². The minimum Gasteiger partial charge on any atom is -0.351 e. The van der Waals surface area contributed by atoms with Crippen LogP contribution in [0.25, 0.3) is 16.0 Å². The number of thiazole rings is 1. The van der Waals surface area contributed by atoms with Crippen LogP contribution in [0.15, 0.2) is 70.6 Å². The SMILES string of the molecule is CCn1c(=S)sc2c(=O)n(-c3ccccc3)c(SCC(=O)NCc3ccccc3)nc21. The molecule has 0 fully saturated rings. The van der Waals surface area contributed by atoms with Crippen molar-refractivity contribution in [1.82, 2.24) is 19.4 Å². The maximum Gasteiger partial charge on any atom is 0.278 e. The lowest BCUT2D eigenvalue weighted by molar-refractivity contribution is -0.118. The number of aromatic nitrogens is 3. The molecule has 0 atom stereocenters. The van der Waals surface area contributed by atoms with E-state index in [0.717, 1.165) is 5.56 Å². The second-order valence-corrected chi connectivity index (χ2v) is 9.27. The van der Waals surface area contributed by atoms with Gasteiger partial charge in [0.05, 0.1) is 11.4 Å². The van der Waals surface area contributed by atoms with Crippen molar-refractivity contribution in [2.24, 2.45) is 0 Å². The predicted molar refractivity (Wildman–Crippen MR) is 129 cm³/mol. The number of hydrogen-bond donors (Lipinski definition) is 1. The van der Waals surface area contributed by atoms with Gasteiger partial charge in [0.1, 0.15) is 4.70 Å². The largest absolute Gasteiger partial charge is 0.351 e. The van der Waals surface area contributed by atoms with Crippen molar-refractivity contribution in [3.63, 3.8) is 0 Å². The summed E-state index contributed by atoms with van der Waals surface area (Å²) >= 11 is 7.94. The molecule has 0 aliphatic rings. The zero-order valence-corrected chi connectivity index (χ0v) is 19.2. The fourth-order valence-electron chi connectivity index (χ4n) is 3.13. The molecule has 4 aromatic rings. The number of para-hydroxylation sites is 1. The van der Waals surface area contributed by atoms with Crippen molar-refractivity contribution in [1.29, 1.82) is 0 Å². The van der Waals surface area contributed by atoms with Gasteiger partial charge >= 0.3 is 0 Å². The second kappa shape index (κ2) is 9.59. The summed E-state index contributed by atoms with van der Waals surface area (Å²) in [5.41, 5.74) is 2.13. The number of thioether (sulfide) groups is 1. The average molecular weight is 469 g/mol. The Morgan fingerprint density at radius 3 is 2.48 bits per heavy atom. The Kier molecular flexibility index (Phi) is 6.64. The van der Waals surface area contributed by atoms with E-state index in [9.17, 15) is 9.59 Å². The molecule has 0 bridgehead atoms. The van der Waals surface area contributed by atoms with Gasteiger partial charge in [-0.1, -0.05) is 71.6 Å². The van der Waals surface area contributed by atoms with Crippen LogP contribution in [-0.2, 0) is 17.9 Å². The summed E-state index contributed by atoms with van der Waals surface area (Å²) in [6.45, 7) is 3.05. The van der Waals surface area contributed by atoms with E-state index in [-0.39, 0.29) is 17.2 Å². The number of rotatable bonds is 7. The molecule has 0 aliphatic carbocycles. The minimum absolute atomic E-state index is 0.125. The number of nitrogens with one attached hydrogen (secondary N) is 1. The summed E-state index contributed by atoms with van der Waals surface area (Å²) in [6, 6.07) is 19.1. The van der Waals surface area contributed by atoms with Crippen molar-refractivity contribution in [3.8, 4) is 5.69 Å². The molecule has 9 heteroatoms. The number of benzene rings is 2. The molecule has 1 N–H and O–H groups in total. The van der Waals surface area contributed by atoms with Gasteiger partial charge in [-0.05, 0) is 36.8 Å². The van der Waals surface area contributed by atoms with E-state index in [0.29, 0.717) is 38.2 Å². The van der Waals surface area contributed by atoms with Crippen molar-refractivity contribution >= 4 is 51.6 Å². The molecule has 0 radical (unpaired) electrons. The molecule has 0 spiro atoms. The molecule has 6 nitrogen and oxygen atoms in total. The predicted octanol–water partition coefficient (Wildman–Crippen LogP) is 4.41. The quantitative estimate of drug-likeness (QED) is 0.247. The number of aryl methyl sites for hydroxylation is 1. The molecule has 0 unspecified atom stereocenters. The normalized spacial score (nSPS) is 11.0. The van der Waals surface area contributed by atoms with E-state index in [1.807, 2.05) is 72.2 Å². The standard InChI is InChI=1S/C22H20N4O2S3/c1-2-25-19-18(31-22(25)29)20(28)26(16-11-7-4-8-12-16)21(24-19)30-14-17(27)23-13-15-9-5-3-6-10-15/h3-12H,2,13-14H2,1H3,(H,23,27). The fraction of sp³-hybridized carbons (Fsp3) is 0.182. The van der Waals surface area contributed by atoms with E-state index < -0.39 is 0 Å². The first-order valence-electron chi connectivity index (χ1n) is 9.73. The van der Waals surface area contributed by atoms with Crippen molar-refractivity contribution in [3.05, 3.63) is 80.5 Å². The first-order valence-corrected chi connectivity index (χ1v) is 11.9. The van der Waals surface area contributed by atoms with Gasteiger partial charge in [-0.2, -0.15) is 0 Å². The van der Waals surface area contributed by atoms with Crippen LogP contribution in [0.5, 0.6) is 0 Å².